The fourth-order valence-electron chi connectivity index (χ4n) is 5.32. The first-order valence-corrected chi connectivity index (χ1v) is 8.51. The number of carbonyl (C=O) groups is 1. The van der Waals surface area contributed by atoms with Gasteiger partial charge in [-0.25, -0.2) is 4.98 Å². The summed E-state index contributed by atoms with van der Waals surface area (Å²) in [6.07, 6.45) is 2.64. The Balaban J connectivity index is 1.64. The third kappa shape index (κ3) is 1.74. The van der Waals surface area contributed by atoms with E-state index in [-0.39, 0.29) is 34.9 Å². The summed E-state index contributed by atoms with van der Waals surface area (Å²) >= 11 is 0. The standard InChI is InChI=1S/C19H17N3O3/c1-19-9-15-16(23)8-13(12-4-2-3-5-14(12)19)18(19)21(15)17-7-6-11(10-20-17)22(24)25/h2-7,10,13,15,18H,8-9H2,1H3/t13?,15?,18?,19-/m0/s1. The number of ketones is 1. The Morgan fingerprint density at radius 3 is 2.80 bits per heavy atom. The van der Waals surface area contributed by atoms with Crippen molar-refractivity contribution in [2.24, 2.45) is 0 Å². The first-order valence-electron chi connectivity index (χ1n) is 8.51. The number of rotatable bonds is 2. The van der Waals surface area contributed by atoms with Crippen molar-refractivity contribution in [3.05, 3.63) is 63.8 Å². The van der Waals surface area contributed by atoms with Gasteiger partial charge in [-0.1, -0.05) is 31.2 Å². The lowest BCUT2D eigenvalue weighted by Gasteiger charge is -2.39. The number of piperidine rings is 1. The topological polar surface area (TPSA) is 76.3 Å². The van der Waals surface area contributed by atoms with Crippen molar-refractivity contribution in [1.29, 1.82) is 0 Å². The number of carbonyl (C=O) groups excluding carboxylic acids is 1. The molecule has 0 spiro atoms. The van der Waals surface area contributed by atoms with Crippen molar-refractivity contribution in [2.75, 3.05) is 4.90 Å². The van der Waals surface area contributed by atoms with Gasteiger partial charge < -0.3 is 4.90 Å². The van der Waals surface area contributed by atoms with Crippen molar-refractivity contribution >= 4 is 17.3 Å². The molecule has 2 bridgehead atoms. The highest BCUT2D eigenvalue weighted by Crippen LogP contribution is 2.60. The molecule has 0 N–H and O–H groups in total. The number of benzene rings is 1. The van der Waals surface area contributed by atoms with Crippen molar-refractivity contribution in [1.82, 2.24) is 4.98 Å². The number of pyridine rings is 1. The molecule has 0 radical (unpaired) electrons. The van der Waals surface area contributed by atoms with Crippen LogP contribution in [0.1, 0.15) is 36.8 Å². The van der Waals surface area contributed by atoms with Gasteiger partial charge in [0.1, 0.15) is 12.0 Å². The van der Waals surface area contributed by atoms with E-state index >= 15 is 0 Å². The molecule has 3 aliphatic rings. The first-order chi connectivity index (χ1) is 12.0. The van der Waals surface area contributed by atoms with Crippen LogP contribution in [0.15, 0.2) is 42.6 Å². The second kappa shape index (κ2) is 4.65. The van der Waals surface area contributed by atoms with Gasteiger partial charge in [-0.2, -0.15) is 0 Å². The normalized spacial score (nSPS) is 32.0. The maximum atomic E-state index is 12.8. The molecule has 2 aliphatic heterocycles. The van der Waals surface area contributed by atoms with E-state index in [1.807, 2.05) is 6.07 Å². The van der Waals surface area contributed by atoms with Gasteiger partial charge in [-0.3, -0.25) is 14.9 Å². The maximum Gasteiger partial charge on any atom is 0.287 e. The summed E-state index contributed by atoms with van der Waals surface area (Å²) in [4.78, 5) is 29.7. The van der Waals surface area contributed by atoms with Crippen molar-refractivity contribution in [2.45, 2.75) is 43.2 Å². The second-order valence-corrected chi connectivity index (χ2v) is 7.49. The molecule has 2 aromatic rings. The molecule has 1 aliphatic carbocycles. The molecule has 6 nitrogen and oxygen atoms in total. The third-order valence-corrected chi connectivity index (χ3v) is 6.26. The lowest BCUT2D eigenvalue weighted by Crippen LogP contribution is -2.50. The van der Waals surface area contributed by atoms with Crippen LogP contribution in [-0.4, -0.2) is 27.8 Å². The first kappa shape index (κ1) is 14.6. The highest BCUT2D eigenvalue weighted by Gasteiger charge is 2.63. The van der Waals surface area contributed by atoms with Crippen LogP contribution in [0, 0.1) is 10.1 Å². The average molecular weight is 335 g/mol. The molecule has 1 aromatic heterocycles. The Kier molecular flexibility index (Phi) is 2.71. The van der Waals surface area contributed by atoms with E-state index in [0.717, 1.165) is 6.42 Å². The van der Waals surface area contributed by atoms with Crippen LogP contribution in [0.2, 0.25) is 0 Å². The molecule has 0 saturated carbocycles. The van der Waals surface area contributed by atoms with Crippen LogP contribution in [0.5, 0.6) is 0 Å². The van der Waals surface area contributed by atoms with Crippen LogP contribution in [-0.2, 0) is 10.2 Å². The van der Waals surface area contributed by atoms with Gasteiger partial charge in [-0.05, 0) is 23.6 Å². The summed E-state index contributed by atoms with van der Waals surface area (Å²) in [7, 11) is 0. The minimum atomic E-state index is -0.451. The van der Waals surface area contributed by atoms with Gasteiger partial charge in [0, 0.05) is 29.9 Å². The lowest BCUT2D eigenvalue weighted by molar-refractivity contribution is -0.385. The van der Waals surface area contributed by atoms with E-state index in [0.29, 0.717) is 12.2 Å². The Morgan fingerprint density at radius 1 is 1.28 bits per heavy atom. The van der Waals surface area contributed by atoms with Crippen molar-refractivity contribution in [3.8, 4) is 0 Å². The van der Waals surface area contributed by atoms with E-state index in [2.05, 4.69) is 35.0 Å². The number of aromatic nitrogens is 1. The summed E-state index contributed by atoms with van der Waals surface area (Å²) < 4.78 is 0. The Bertz CT molecular complexity index is 910. The quantitative estimate of drug-likeness (QED) is 0.623. The predicted molar refractivity (Wildman–Crippen MR) is 91.7 cm³/mol. The SMILES string of the molecule is C[C@]12CC3C(=O)CC(c4ccccc41)C2N3c1ccc([N+](=O)[O-])cn1. The number of fused-ring (bicyclic) bond motifs is 4. The Morgan fingerprint density at radius 2 is 2.08 bits per heavy atom. The largest absolute Gasteiger partial charge is 0.342 e. The zero-order chi connectivity index (χ0) is 17.3. The molecule has 2 fully saturated rings. The van der Waals surface area contributed by atoms with Gasteiger partial charge in [-0.15, -0.1) is 0 Å². The number of hydrogen-bond donors (Lipinski definition) is 0. The highest BCUT2D eigenvalue weighted by atomic mass is 16.6. The van der Waals surface area contributed by atoms with Crippen LogP contribution in [0.4, 0.5) is 11.5 Å². The smallest absolute Gasteiger partial charge is 0.287 e. The van der Waals surface area contributed by atoms with E-state index in [9.17, 15) is 14.9 Å². The summed E-state index contributed by atoms with van der Waals surface area (Å²) in [5.74, 6) is 1.08. The van der Waals surface area contributed by atoms with Gasteiger partial charge in [0.15, 0.2) is 5.78 Å². The summed E-state index contributed by atoms with van der Waals surface area (Å²) in [6.45, 7) is 2.24. The Hall–Kier alpha value is -2.76. The van der Waals surface area contributed by atoms with E-state index < -0.39 is 4.92 Å². The van der Waals surface area contributed by atoms with Crippen LogP contribution >= 0.6 is 0 Å². The van der Waals surface area contributed by atoms with Crippen LogP contribution in [0.3, 0.4) is 0 Å². The van der Waals surface area contributed by atoms with Crippen LogP contribution in [0.25, 0.3) is 0 Å². The minimum absolute atomic E-state index is 0.0306. The minimum Gasteiger partial charge on any atom is -0.342 e. The molecule has 2 saturated heterocycles. The van der Waals surface area contributed by atoms with Crippen LogP contribution < -0.4 is 4.90 Å². The lowest BCUT2D eigenvalue weighted by atomic mass is 9.79. The molecule has 6 heteroatoms. The zero-order valence-corrected chi connectivity index (χ0v) is 13.8. The molecule has 1 aromatic carbocycles. The second-order valence-electron chi connectivity index (χ2n) is 7.49. The monoisotopic (exact) mass is 335 g/mol. The van der Waals surface area contributed by atoms with E-state index in [4.69, 9.17) is 0 Å². The summed E-state index contributed by atoms with van der Waals surface area (Å²) in [5.41, 5.74) is 2.50. The average Bonchev–Trinajstić information content (AvgIpc) is 3.01. The van der Waals surface area contributed by atoms with Crippen molar-refractivity contribution < 1.29 is 9.72 Å². The molecule has 5 rings (SSSR count). The molecule has 3 unspecified atom stereocenters. The number of nitrogens with zero attached hydrogens (tertiary/aromatic N) is 3. The number of nitro groups is 1. The maximum absolute atomic E-state index is 12.8. The third-order valence-electron chi connectivity index (χ3n) is 6.26. The number of anilines is 1. The van der Waals surface area contributed by atoms with Gasteiger partial charge in [0.25, 0.3) is 5.69 Å². The van der Waals surface area contributed by atoms with E-state index in [1.54, 1.807) is 6.07 Å². The fourth-order valence-corrected chi connectivity index (χ4v) is 5.32. The molecule has 126 valence electrons. The molecular weight excluding hydrogens is 318 g/mol. The molecule has 0 amide bonds. The Labute approximate surface area is 144 Å². The van der Waals surface area contributed by atoms with Crippen molar-refractivity contribution in [3.63, 3.8) is 0 Å². The molecule has 25 heavy (non-hydrogen) atoms. The van der Waals surface area contributed by atoms with E-state index in [1.165, 1.54) is 23.4 Å². The highest BCUT2D eigenvalue weighted by molar-refractivity contribution is 5.92. The summed E-state index contributed by atoms with van der Waals surface area (Å²) in [6, 6.07) is 11.6. The van der Waals surface area contributed by atoms with Gasteiger partial charge in [0.2, 0.25) is 0 Å². The van der Waals surface area contributed by atoms with Gasteiger partial charge in [0.05, 0.1) is 11.0 Å². The fraction of sp³-hybridized carbons (Fsp3) is 0.368. The molecule has 4 atom stereocenters. The zero-order valence-electron chi connectivity index (χ0n) is 13.8. The number of Topliss-reactive ketones (excluding diaryl/α,β-unsaturated/α-hetero) is 1. The molecular formula is C19H17N3O3. The molecule has 3 heterocycles. The number of hydrogen-bond acceptors (Lipinski definition) is 5. The summed E-state index contributed by atoms with van der Waals surface area (Å²) in [5, 5.41) is 10.9. The van der Waals surface area contributed by atoms with Gasteiger partial charge >= 0.3 is 0 Å². The predicted octanol–water partition coefficient (Wildman–Crippen LogP) is 2.97.